The van der Waals surface area contributed by atoms with E-state index in [0.717, 1.165) is 28.8 Å². The zero-order chi connectivity index (χ0) is 28.8. The third kappa shape index (κ3) is 5.38. The lowest BCUT2D eigenvalue weighted by Crippen LogP contribution is -2.62. The van der Waals surface area contributed by atoms with Gasteiger partial charge in [0.1, 0.15) is 12.4 Å². The number of hydrogen-bond donors (Lipinski definition) is 1. The van der Waals surface area contributed by atoms with Crippen molar-refractivity contribution in [2.75, 3.05) is 11.9 Å². The number of benzene rings is 2. The number of fused-ring (bicyclic) bond motifs is 1. The second kappa shape index (κ2) is 10.2. The highest BCUT2D eigenvalue weighted by Crippen LogP contribution is 2.35. The van der Waals surface area contributed by atoms with Gasteiger partial charge in [-0.05, 0) is 64.3 Å². The average molecular weight is 543 g/mol. The standard InChI is InChI=1S/C31H38N6O3/c1-30(2)17-21(18-31(3,4)34-30)35(5)27-14-13-24(32-33-27)22-15-23-25(36(6)29(39)37(7)28(23)38)16-26(22)40-19-20-11-9-8-10-12-20/h8-16,21,34H,17-19H2,1-7H3. The Kier molecular flexibility index (Phi) is 7.04. The van der Waals surface area contributed by atoms with Crippen LogP contribution in [-0.4, -0.2) is 43.5 Å². The van der Waals surface area contributed by atoms with Gasteiger partial charge in [0.25, 0.3) is 5.56 Å². The summed E-state index contributed by atoms with van der Waals surface area (Å²) in [6.07, 6.45) is 1.97. The molecule has 3 heterocycles. The Morgan fingerprint density at radius 1 is 0.950 bits per heavy atom. The van der Waals surface area contributed by atoms with Crippen LogP contribution in [-0.2, 0) is 20.7 Å². The third-order valence-corrected chi connectivity index (χ3v) is 7.81. The van der Waals surface area contributed by atoms with Crippen LogP contribution < -0.4 is 26.2 Å². The summed E-state index contributed by atoms with van der Waals surface area (Å²) in [4.78, 5) is 27.9. The molecule has 0 aliphatic carbocycles. The second-order valence-electron chi connectivity index (χ2n) is 12.2. The summed E-state index contributed by atoms with van der Waals surface area (Å²) in [6, 6.07) is 17.5. The molecule has 9 heteroatoms. The molecule has 1 N–H and O–H groups in total. The molecule has 2 aromatic heterocycles. The lowest BCUT2D eigenvalue weighted by molar-refractivity contribution is 0.160. The van der Waals surface area contributed by atoms with Gasteiger partial charge in [0.05, 0.1) is 16.6 Å². The minimum Gasteiger partial charge on any atom is -0.488 e. The molecule has 1 fully saturated rings. The number of nitrogens with zero attached hydrogens (tertiary/aromatic N) is 5. The van der Waals surface area contributed by atoms with E-state index in [1.165, 1.54) is 11.6 Å². The number of anilines is 1. The summed E-state index contributed by atoms with van der Waals surface area (Å²) in [6.45, 7) is 9.27. The van der Waals surface area contributed by atoms with E-state index < -0.39 is 5.69 Å². The molecule has 9 nitrogen and oxygen atoms in total. The van der Waals surface area contributed by atoms with Crippen LogP contribution in [0.2, 0.25) is 0 Å². The summed E-state index contributed by atoms with van der Waals surface area (Å²) in [7, 11) is 5.20. The zero-order valence-electron chi connectivity index (χ0n) is 24.4. The third-order valence-electron chi connectivity index (χ3n) is 7.81. The molecule has 0 saturated carbocycles. The van der Waals surface area contributed by atoms with Gasteiger partial charge in [0.15, 0.2) is 5.82 Å². The molecule has 1 aliphatic rings. The molecular weight excluding hydrogens is 504 g/mol. The Morgan fingerprint density at radius 3 is 2.25 bits per heavy atom. The molecule has 0 unspecified atom stereocenters. The van der Waals surface area contributed by atoms with Crippen molar-refractivity contribution in [3.8, 4) is 17.0 Å². The molecular formula is C31H38N6O3. The molecule has 0 bridgehead atoms. The fraction of sp³-hybridized carbons (Fsp3) is 0.419. The Hall–Kier alpha value is -3.98. The molecule has 4 aromatic rings. The molecule has 0 spiro atoms. The highest BCUT2D eigenvalue weighted by atomic mass is 16.5. The fourth-order valence-corrected chi connectivity index (χ4v) is 6.05. The Labute approximate surface area is 234 Å². The molecule has 1 saturated heterocycles. The van der Waals surface area contributed by atoms with Crippen LogP contribution in [0.4, 0.5) is 5.82 Å². The van der Waals surface area contributed by atoms with Crippen molar-refractivity contribution >= 4 is 16.7 Å². The fourth-order valence-electron chi connectivity index (χ4n) is 6.05. The minimum absolute atomic E-state index is 0.0103. The molecule has 40 heavy (non-hydrogen) atoms. The van der Waals surface area contributed by atoms with E-state index in [9.17, 15) is 9.59 Å². The van der Waals surface area contributed by atoms with Gasteiger partial charge in [-0.15, -0.1) is 10.2 Å². The number of ether oxygens (including phenoxy) is 1. The topological polar surface area (TPSA) is 94.3 Å². The second-order valence-corrected chi connectivity index (χ2v) is 12.2. The number of piperidine rings is 1. The largest absolute Gasteiger partial charge is 0.488 e. The monoisotopic (exact) mass is 542 g/mol. The number of nitrogens with one attached hydrogen (secondary N) is 1. The van der Waals surface area contributed by atoms with Crippen LogP contribution in [0.1, 0.15) is 46.1 Å². The lowest BCUT2D eigenvalue weighted by Gasteiger charge is -2.49. The Bertz CT molecular complexity index is 1640. The number of rotatable bonds is 6. The maximum Gasteiger partial charge on any atom is 0.330 e. The summed E-state index contributed by atoms with van der Waals surface area (Å²) in [5, 5.41) is 13.3. The predicted octanol–water partition coefficient (Wildman–Crippen LogP) is 4.02. The van der Waals surface area contributed by atoms with Crippen LogP contribution in [0.3, 0.4) is 0 Å². The first kappa shape index (κ1) is 27.6. The SMILES string of the molecule is CN(c1ccc(-c2cc3c(=O)n(C)c(=O)n(C)c3cc2OCc2ccccc2)nn1)C1CC(C)(C)NC(C)(C)C1. The summed E-state index contributed by atoms with van der Waals surface area (Å²) in [5.74, 6) is 1.31. The highest BCUT2D eigenvalue weighted by Gasteiger charge is 2.39. The molecule has 0 amide bonds. The molecule has 1 aliphatic heterocycles. The summed E-state index contributed by atoms with van der Waals surface area (Å²) >= 11 is 0. The van der Waals surface area contributed by atoms with Crippen molar-refractivity contribution in [2.24, 2.45) is 14.1 Å². The van der Waals surface area contributed by atoms with Gasteiger partial charge in [0.2, 0.25) is 0 Å². The van der Waals surface area contributed by atoms with Crippen molar-refractivity contribution in [3.63, 3.8) is 0 Å². The van der Waals surface area contributed by atoms with Gasteiger partial charge in [-0.3, -0.25) is 13.9 Å². The van der Waals surface area contributed by atoms with Crippen LogP contribution in [0.25, 0.3) is 22.2 Å². The van der Waals surface area contributed by atoms with E-state index in [2.05, 4.69) is 55.2 Å². The first-order valence-corrected chi connectivity index (χ1v) is 13.6. The minimum atomic E-state index is -0.393. The number of aromatic nitrogens is 4. The average Bonchev–Trinajstić information content (AvgIpc) is 2.92. The number of aryl methyl sites for hydroxylation is 1. The summed E-state index contributed by atoms with van der Waals surface area (Å²) < 4.78 is 8.83. The smallest absolute Gasteiger partial charge is 0.330 e. The molecule has 5 rings (SSSR count). The van der Waals surface area contributed by atoms with E-state index in [4.69, 9.17) is 4.74 Å². The van der Waals surface area contributed by atoms with E-state index in [1.807, 2.05) is 42.5 Å². The lowest BCUT2D eigenvalue weighted by atomic mass is 9.79. The van der Waals surface area contributed by atoms with Crippen molar-refractivity contribution < 1.29 is 4.74 Å². The van der Waals surface area contributed by atoms with Crippen molar-refractivity contribution in [1.82, 2.24) is 24.6 Å². The van der Waals surface area contributed by atoms with E-state index in [1.54, 1.807) is 19.2 Å². The molecule has 0 radical (unpaired) electrons. The van der Waals surface area contributed by atoms with Crippen molar-refractivity contribution in [3.05, 3.63) is 81.0 Å². The molecule has 210 valence electrons. The summed E-state index contributed by atoms with van der Waals surface area (Å²) in [5.41, 5.74) is 1.99. The maximum absolute atomic E-state index is 13.1. The van der Waals surface area contributed by atoms with Crippen LogP contribution in [0, 0.1) is 0 Å². The van der Waals surface area contributed by atoms with Gasteiger partial charge in [-0.1, -0.05) is 30.3 Å². The van der Waals surface area contributed by atoms with Gasteiger partial charge in [0, 0.05) is 49.9 Å². The first-order valence-electron chi connectivity index (χ1n) is 13.6. The first-order chi connectivity index (χ1) is 18.8. The van der Waals surface area contributed by atoms with Gasteiger partial charge < -0.3 is 15.0 Å². The van der Waals surface area contributed by atoms with Crippen LogP contribution in [0.5, 0.6) is 5.75 Å². The number of hydrogen-bond acceptors (Lipinski definition) is 7. The van der Waals surface area contributed by atoms with Crippen molar-refractivity contribution in [2.45, 2.75) is 64.3 Å². The Morgan fingerprint density at radius 2 is 1.62 bits per heavy atom. The van der Waals surface area contributed by atoms with Crippen LogP contribution >= 0.6 is 0 Å². The maximum atomic E-state index is 13.1. The van der Waals surface area contributed by atoms with Crippen molar-refractivity contribution in [1.29, 1.82) is 0 Å². The van der Waals surface area contributed by atoms with Crippen LogP contribution in [0.15, 0.2) is 64.2 Å². The van der Waals surface area contributed by atoms with Gasteiger partial charge in [-0.2, -0.15) is 0 Å². The highest BCUT2D eigenvalue weighted by molar-refractivity contribution is 5.87. The van der Waals surface area contributed by atoms with E-state index in [-0.39, 0.29) is 16.6 Å². The van der Waals surface area contributed by atoms with Gasteiger partial charge in [-0.25, -0.2) is 4.79 Å². The van der Waals surface area contributed by atoms with E-state index >= 15 is 0 Å². The quantitative estimate of drug-likeness (QED) is 0.393. The Balaban J connectivity index is 1.54. The van der Waals surface area contributed by atoms with E-state index in [0.29, 0.717) is 40.6 Å². The van der Waals surface area contributed by atoms with Gasteiger partial charge >= 0.3 is 5.69 Å². The predicted molar refractivity (Wildman–Crippen MR) is 159 cm³/mol. The normalized spacial score (nSPS) is 16.7. The zero-order valence-corrected chi connectivity index (χ0v) is 24.4. The molecule has 0 atom stereocenters. The molecule has 2 aromatic carbocycles.